The van der Waals surface area contributed by atoms with Crippen LogP contribution in [0.2, 0.25) is 0 Å². The summed E-state index contributed by atoms with van der Waals surface area (Å²) >= 11 is 0. The molecule has 2 aromatic heterocycles. The predicted molar refractivity (Wildman–Crippen MR) is 99.2 cm³/mol. The Balaban J connectivity index is 1.32. The summed E-state index contributed by atoms with van der Waals surface area (Å²) in [5.41, 5.74) is 1.45. The van der Waals surface area contributed by atoms with Crippen LogP contribution in [-0.4, -0.2) is 85.9 Å². The van der Waals surface area contributed by atoms with Crippen molar-refractivity contribution in [3.05, 3.63) is 18.7 Å². The number of aliphatic hydroxyl groups is 4. The summed E-state index contributed by atoms with van der Waals surface area (Å²) in [6, 6.07) is 1.31. The molecule has 0 unspecified atom stereocenters. The number of β-amino-alcohol motifs (C(OH)–C–C–N with tert-alkyl or cyclic N) is 1. The summed E-state index contributed by atoms with van der Waals surface area (Å²) < 4.78 is 5.25. The maximum atomic E-state index is 9.97. The molecule has 4 atom stereocenters. The van der Waals surface area contributed by atoms with Crippen LogP contribution in [0.1, 0.15) is 25.7 Å². The smallest absolute Gasteiger partial charge is 0.182 e. The van der Waals surface area contributed by atoms with Gasteiger partial charge in [-0.3, -0.25) is 4.90 Å². The molecule has 150 valence electrons. The lowest BCUT2D eigenvalue weighted by Crippen LogP contribution is -2.62. The van der Waals surface area contributed by atoms with Gasteiger partial charge in [0.25, 0.3) is 0 Å². The third-order valence-corrected chi connectivity index (χ3v) is 5.11. The van der Waals surface area contributed by atoms with Crippen LogP contribution in [0.4, 0.5) is 5.82 Å². The normalized spacial score (nSPS) is 26.5. The lowest BCUT2D eigenvalue weighted by atomic mass is 9.94. The first kappa shape index (κ1) is 20.0. The van der Waals surface area contributed by atoms with E-state index in [9.17, 15) is 20.4 Å². The molecule has 2 aromatic rings. The summed E-state index contributed by atoms with van der Waals surface area (Å²) in [4.78, 5) is 10.2. The van der Waals surface area contributed by atoms with Gasteiger partial charge in [-0.1, -0.05) is 12.8 Å². The minimum Gasteiger partial charge on any atom is -0.443 e. The van der Waals surface area contributed by atoms with Gasteiger partial charge in [-0.05, 0) is 19.4 Å². The molecule has 1 saturated heterocycles. The van der Waals surface area contributed by atoms with Crippen LogP contribution in [0.5, 0.6) is 0 Å². The van der Waals surface area contributed by atoms with Crippen molar-refractivity contribution < 1.29 is 24.8 Å². The number of rotatable bonds is 9. The molecule has 9 heteroatoms. The van der Waals surface area contributed by atoms with Crippen LogP contribution in [0, 0.1) is 0 Å². The van der Waals surface area contributed by atoms with Crippen molar-refractivity contribution in [2.45, 2.75) is 50.0 Å². The Hall–Kier alpha value is -1.78. The predicted octanol–water partition coefficient (Wildman–Crippen LogP) is -0.0457. The zero-order valence-electron chi connectivity index (χ0n) is 15.2. The van der Waals surface area contributed by atoms with Gasteiger partial charge in [0, 0.05) is 19.2 Å². The SMILES string of the molecule is OC[C@@H]1[C@@H](O)[C@H](O)[C@@H](O)CN1CCCCCCNc1cc2ocnc2cn1. The van der Waals surface area contributed by atoms with E-state index in [4.69, 9.17) is 4.42 Å². The lowest BCUT2D eigenvalue weighted by Gasteiger charge is -2.43. The van der Waals surface area contributed by atoms with Crippen molar-refractivity contribution in [1.29, 1.82) is 0 Å². The lowest BCUT2D eigenvalue weighted by molar-refractivity contribution is -0.145. The van der Waals surface area contributed by atoms with Crippen LogP contribution >= 0.6 is 0 Å². The quantitative estimate of drug-likeness (QED) is 0.380. The first-order valence-electron chi connectivity index (χ1n) is 9.42. The average Bonchev–Trinajstić information content (AvgIpc) is 3.13. The van der Waals surface area contributed by atoms with Gasteiger partial charge in [-0.15, -0.1) is 0 Å². The Labute approximate surface area is 157 Å². The van der Waals surface area contributed by atoms with Crippen molar-refractivity contribution in [3.63, 3.8) is 0 Å². The maximum Gasteiger partial charge on any atom is 0.182 e. The fraction of sp³-hybridized carbons (Fsp3) is 0.667. The first-order chi connectivity index (χ1) is 13.1. The topological polar surface area (TPSA) is 135 Å². The minimum atomic E-state index is -1.20. The molecule has 3 rings (SSSR count). The number of oxazole rings is 1. The molecule has 0 aromatic carbocycles. The van der Waals surface area contributed by atoms with Crippen molar-refractivity contribution in [1.82, 2.24) is 14.9 Å². The number of hydrogen-bond donors (Lipinski definition) is 5. The summed E-state index contributed by atoms with van der Waals surface area (Å²) in [5, 5.41) is 42.2. The van der Waals surface area contributed by atoms with Crippen LogP contribution in [0.3, 0.4) is 0 Å². The summed E-state index contributed by atoms with van der Waals surface area (Å²) in [7, 11) is 0. The Morgan fingerprint density at radius 3 is 2.74 bits per heavy atom. The van der Waals surface area contributed by atoms with Crippen molar-refractivity contribution in [2.24, 2.45) is 0 Å². The second kappa shape index (κ2) is 9.43. The number of nitrogens with zero attached hydrogens (tertiary/aromatic N) is 3. The van der Waals surface area contributed by atoms with Gasteiger partial charge in [-0.2, -0.15) is 0 Å². The summed E-state index contributed by atoms with van der Waals surface area (Å²) in [5.74, 6) is 0.764. The Bertz CT molecular complexity index is 712. The number of nitrogens with one attached hydrogen (secondary N) is 1. The third kappa shape index (κ3) is 4.94. The second-order valence-corrected chi connectivity index (χ2v) is 7.02. The van der Waals surface area contributed by atoms with Crippen molar-refractivity contribution in [2.75, 3.05) is 31.6 Å². The van der Waals surface area contributed by atoms with Crippen LogP contribution < -0.4 is 5.32 Å². The summed E-state index contributed by atoms with van der Waals surface area (Å²) in [6.45, 7) is 1.50. The number of pyridine rings is 1. The van der Waals surface area contributed by atoms with Gasteiger partial charge in [0.05, 0.1) is 24.9 Å². The molecule has 0 amide bonds. The zero-order valence-corrected chi connectivity index (χ0v) is 15.2. The van der Waals surface area contributed by atoms with Crippen LogP contribution in [0.25, 0.3) is 11.1 Å². The highest BCUT2D eigenvalue weighted by molar-refractivity contribution is 5.73. The largest absolute Gasteiger partial charge is 0.443 e. The molecule has 0 radical (unpaired) electrons. The maximum absolute atomic E-state index is 9.97. The monoisotopic (exact) mass is 380 g/mol. The van der Waals surface area contributed by atoms with E-state index in [0.29, 0.717) is 12.1 Å². The number of likely N-dealkylation sites (tertiary alicyclic amines) is 1. The van der Waals surface area contributed by atoms with E-state index >= 15 is 0 Å². The zero-order chi connectivity index (χ0) is 19.2. The average molecular weight is 380 g/mol. The fourth-order valence-corrected chi connectivity index (χ4v) is 3.50. The molecule has 1 aliphatic rings. The van der Waals surface area contributed by atoms with E-state index in [-0.39, 0.29) is 13.2 Å². The number of unbranched alkanes of at least 4 members (excludes halogenated alkanes) is 3. The van der Waals surface area contributed by atoms with Gasteiger partial charge in [0.15, 0.2) is 12.0 Å². The number of anilines is 1. The van der Waals surface area contributed by atoms with Gasteiger partial charge in [0.2, 0.25) is 0 Å². The van der Waals surface area contributed by atoms with Gasteiger partial charge >= 0.3 is 0 Å². The molecule has 0 aliphatic carbocycles. The fourth-order valence-electron chi connectivity index (χ4n) is 3.50. The number of aromatic nitrogens is 2. The molecule has 3 heterocycles. The van der Waals surface area contributed by atoms with Gasteiger partial charge < -0.3 is 30.2 Å². The van der Waals surface area contributed by atoms with Gasteiger partial charge in [-0.25, -0.2) is 9.97 Å². The number of aliphatic hydroxyl groups excluding tert-OH is 4. The highest BCUT2D eigenvalue weighted by Gasteiger charge is 2.40. The van der Waals surface area contributed by atoms with Crippen LogP contribution in [0.15, 0.2) is 23.1 Å². The molecule has 1 aliphatic heterocycles. The Morgan fingerprint density at radius 2 is 1.93 bits per heavy atom. The molecule has 0 saturated carbocycles. The first-order valence-corrected chi connectivity index (χ1v) is 9.42. The summed E-state index contributed by atoms with van der Waals surface area (Å²) in [6.07, 6.45) is 3.68. The van der Waals surface area contributed by atoms with Gasteiger partial charge in [0.1, 0.15) is 23.5 Å². The van der Waals surface area contributed by atoms with E-state index in [2.05, 4.69) is 15.3 Å². The highest BCUT2D eigenvalue weighted by Crippen LogP contribution is 2.20. The van der Waals surface area contributed by atoms with E-state index in [1.54, 1.807) is 6.20 Å². The van der Waals surface area contributed by atoms with E-state index in [1.807, 2.05) is 11.0 Å². The molecule has 1 fully saturated rings. The van der Waals surface area contributed by atoms with Crippen LogP contribution in [-0.2, 0) is 0 Å². The Kier molecular flexibility index (Phi) is 6.97. The molecular formula is C18H28N4O5. The molecule has 5 N–H and O–H groups in total. The van der Waals surface area contributed by atoms with E-state index in [0.717, 1.165) is 43.6 Å². The molecule has 9 nitrogen and oxygen atoms in total. The van der Waals surface area contributed by atoms with E-state index in [1.165, 1.54) is 6.39 Å². The number of fused-ring (bicyclic) bond motifs is 1. The van der Waals surface area contributed by atoms with Crippen molar-refractivity contribution >= 4 is 16.9 Å². The molecule has 27 heavy (non-hydrogen) atoms. The standard InChI is InChI=1S/C18H28N4O5/c23-10-13-17(25)18(26)14(24)9-22(13)6-4-2-1-3-5-19-16-7-15-12(8-20-16)21-11-27-15/h7-8,11,13-14,17-18,23-26H,1-6,9-10H2,(H,19,20)/t13-,14+,17-,18-/m1/s1. The minimum absolute atomic E-state index is 0.239. The molecular weight excluding hydrogens is 352 g/mol. The number of hydrogen-bond acceptors (Lipinski definition) is 9. The third-order valence-electron chi connectivity index (χ3n) is 5.11. The van der Waals surface area contributed by atoms with Crippen molar-refractivity contribution in [3.8, 4) is 0 Å². The second-order valence-electron chi connectivity index (χ2n) is 7.02. The Morgan fingerprint density at radius 1 is 1.11 bits per heavy atom. The molecule has 0 spiro atoms. The van der Waals surface area contributed by atoms with E-state index < -0.39 is 24.4 Å². The molecule has 0 bridgehead atoms. The highest BCUT2D eigenvalue weighted by atomic mass is 16.4. The number of piperidine rings is 1.